The van der Waals surface area contributed by atoms with Gasteiger partial charge in [0.2, 0.25) is 0 Å². The number of carbonyl (C=O) groups is 6. The summed E-state index contributed by atoms with van der Waals surface area (Å²) in [5, 5.41) is 53.9. The number of ether oxygens (including phenoxy) is 2. The van der Waals surface area contributed by atoms with Gasteiger partial charge in [-0.1, -0.05) is 80.6 Å². The van der Waals surface area contributed by atoms with E-state index in [1.165, 1.54) is 115 Å². The molecule has 17 rings (SSSR count). The van der Waals surface area contributed by atoms with Crippen molar-refractivity contribution in [1.82, 2.24) is 71.8 Å². The molecule has 0 spiro atoms. The summed E-state index contributed by atoms with van der Waals surface area (Å²) >= 11 is 0. The highest BCUT2D eigenvalue weighted by Crippen LogP contribution is 2.35. The first-order valence-electron chi connectivity index (χ1n) is 43.1. The molecule has 13 N–H and O–H groups in total. The minimum Gasteiger partial charge on any atom is -0.380 e. The van der Waals surface area contributed by atoms with Crippen molar-refractivity contribution in [2.24, 2.45) is 7.05 Å². The number of fused-ring (bicyclic) bond motifs is 8. The number of aromatic nitrogens is 2. The van der Waals surface area contributed by atoms with Crippen LogP contribution in [-0.4, -0.2) is 196 Å². The summed E-state index contributed by atoms with van der Waals surface area (Å²) < 4.78 is 111. The van der Waals surface area contributed by atoms with Crippen molar-refractivity contribution in [2.45, 2.75) is 161 Å². The number of H-pyrrole nitrogens is 1. The Morgan fingerprint density at radius 2 is 0.814 bits per heavy atom. The van der Waals surface area contributed by atoms with Crippen LogP contribution in [0.25, 0.3) is 21.8 Å². The van der Waals surface area contributed by atoms with Gasteiger partial charge in [0.25, 0.3) is 35.4 Å². The van der Waals surface area contributed by atoms with Crippen LogP contribution in [0.15, 0.2) is 152 Å². The second-order valence-corrected chi connectivity index (χ2v) is 32.8. The SMILES string of the molecule is CC[C@@H]1CCCN1Cc1ccc(C(=O)NO)cc1F.CC[C@H]1CCCN1Cc1ccc(C(=O)NO)cc1F.Cn1c2c(c3ccccc31)CCN(Cc1ccc(C(=O)NO)cc1F)C2.O=C(NO)c1cc(F)c(CN2C3CCC2COC3)cc1F.O=C(NO)c1ccc(CN2CCCOCC2)c(F)c1.O=C(NO)c1ccc(CN2CCc3c([nH]c4ccccc34)C2)c(F)c1. The zero-order valence-corrected chi connectivity index (χ0v) is 72.0. The van der Waals surface area contributed by atoms with Crippen molar-refractivity contribution < 1.29 is 100 Å². The van der Waals surface area contributed by atoms with Gasteiger partial charge in [-0.2, -0.15) is 0 Å². The van der Waals surface area contributed by atoms with Crippen LogP contribution < -0.4 is 32.9 Å². The monoisotopic (exact) mass is 1790 g/mol. The number of hydrogen-bond acceptors (Lipinski definition) is 20. The standard InChI is InChI=1S/C20H20FN3O2.C19H18FN3O2.C14H16F2N2O3.2C14H19FN2O2.C13H17FN2O3/c1-23-18-5-3-2-4-15(18)16-8-9-24(12-19(16)23)11-14-7-6-13(10-17(14)21)20(25)22-26;20-16-9-12(19(24)22-25)5-6-13(16)10-23-8-7-15-14-3-1-2-4-17(14)21-18(15)11-23;15-12-4-11(14(19)17-20)13(16)3-8(12)5-18-9-1-2-10(18)7-21-6-9;2*1-2-12-4-3-7-17(12)9-11-6-5-10(8-13(11)15)14(18)16-19;14-12-8-10(13(17)15-18)2-3-11(12)9-16-4-1-6-19-7-5-16/h2-7,10,26H,8-9,11-12H2,1H3,(H,22,25);1-6,9,21,25H,7-8,10-11H2,(H,22,24);3-4,9-10,20H,1-2,5-7H2,(H,17,19);2*5-6,8,12,19H,2-4,7,9H2,1H3,(H,16,18);2-3,8,18H,1,4-7,9H2,(H,15,17)/t;;;2*12-;/m...10./s1. The van der Waals surface area contributed by atoms with Crippen molar-refractivity contribution in [3.63, 3.8) is 0 Å². The number of para-hydroxylation sites is 2. The lowest BCUT2D eigenvalue weighted by atomic mass is 10.0. The summed E-state index contributed by atoms with van der Waals surface area (Å²) in [5.74, 6) is -8.22. The van der Waals surface area contributed by atoms with Gasteiger partial charge in [0, 0.05) is 211 Å². The number of halogens is 7. The zero-order valence-electron chi connectivity index (χ0n) is 72.0. The Kier molecular flexibility index (Phi) is 34.7. The predicted octanol–water partition coefficient (Wildman–Crippen LogP) is 13.2. The van der Waals surface area contributed by atoms with E-state index in [4.69, 9.17) is 40.7 Å². The van der Waals surface area contributed by atoms with E-state index in [9.17, 15) is 59.5 Å². The summed E-state index contributed by atoms with van der Waals surface area (Å²) in [6, 6.07) is 41.4. The molecule has 10 aromatic rings. The van der Waals surface area contributed by atoms with Crippen LogP contribution in [0.2, 0.25) is 0 Å². The first-order chi connectivity index (χ1) is 62.3. The smallest absolute Gasteiger partial charge is 0.277 e. The summed E-state index contributed by atoms with van der Waals surface area (Å²) in [5.41, 5.74) is 19.4. The van der Waals surface area contributed by atoms with Gasteiger partial charge >= 0.3 is 0 Å². The molecule has 8 aromatic carbocycles. The van der Waals surface area contributed by atoms with Gasteiger partial charge in [0.15, 0.2) is 0 Å². The molecule has 6 amide bonds. The molecule has 7 aliphatic rings. The minimum absolute atomic E-state index is 0.0975. The molecule has 129 heavy (non-hydrogen) atoms. The molecule has 0 aliphatic carbocycles. The summed E-state index contributed by atoms with van der Waals surface area (Å²) in [4.78, 5) is 84.1. The van der Waals surface area contributed by atoms with Crippen LogP contribution in [0.3, 0.4) is 0 Å². The minimum atomic E-state index is -1.07. The van der Waals surface area contributed by atoms with Crippen LogP contribution in [0, 0.1) is 40.7 Å². The van der Waals surface area contributed by atoms with Crippen molar-refractivity contribution in [3.05, 3.63) is 282 Å². The maximum Gasteiger partial charge on any atom is 0.277 e. The van der Waals surface area contributed by atoms with E-state index in [1.54, 1.807) is 30.3 Å². The van der Waals surface area contributed by atoms with Crippen LogP contribution in [0.1, 0.15) is 190 Å². The molecule has 9 heterocycles. The highest BCUT2D eigenvalue weighted by molar-refractivity contribution is 5.96. The average Bonchev–Trinajstić information content (AvgIpc) is 1.63. The molecule has 0 radical (unpaired) electrons. The number of likely N-dealkylation sites (tertiary alicyclic amines) is 2. The van der Waals surface area contributed by atoms with Gasteiger partial charge in [-0.25, -0.2) is 63.6 Å². The molecule has 7 aliphatic heterocycles. The van der Waals surface area contributed by atoms with E-state index in [-0.39, 0.29) is 45.5 Å². The number of nitrogens with one attached hydrogen (secondary N) is 7. The van der Waals surface area contributed by atoms with E-state index < -0.39 is 81.7 Å². The molecule has 5 fully saturated rings. The lowest BCUT2D eigenvalue weighted by Crippen LogP contribution is -2.45. The Labute approximate surface area is 741 Å². The summed E-state index contributed by atoms with van der Waals surface area (Å²) in [7, 11) is 2.08. The van der Waals surface area contributed by atoms with Gasteiger partial charge < -0.3 is 19.0 Å². The number of aryl methyl sites for hydroxylation is 1. The Hall–Kier alpha value is -11.4. The quantitative estimate of drug-likeness (QED) is 0.0191. The topological polar surface area (TPSA) is 355 Å². The van der Waals surface area contributed by atoms with Crippen LogP contribution in [0.4, 0.5) is 30.7 Å². The van der Waals surface area contributed by atoms with Gasteiger partial charge in [0.1, 0.15) is 40.7 Å². The van der Waals surface area contributed by atoms with Crippen molar-refractivity contribution in [3.8, 4) is 0 Å². The second-order valence-electron chi connectivity index (χ2n) is 32.8. The Balaban J connectivity index is 0.000000141. The number of morpholine rings is 1. The van der Waals surface area contributed by atoms with E-state index in [1.807, 2.05) is 18.2 Å². The zero-order chi connectivity index (χ0) is 92.0. The van der Waals surface area contributed by atoms with Crippen LogP contribution >= 0.6 is 0 Å². The lowest BCUT2D eigenvalue weighted by molar-refractivity contribution is -0.0191. The number of carbonyl (C=O) groups excluding carboxylic acids is 6. The molecule has 2 bridgehead atoms. The third kappa shape index (κ3) is 24.6. The maximum absolute atomic E-state index is 14.4. The van der Waals surface area contributed by atoms with E-state index in [2.05, 4.69) is 90.2 Å². The first kappa shape index (κ1) is 96.7. The van der Waals surface area contributed by atoms with E-state index in [0.717, 1.165) is 165 Å². The molecule has 5 saturated heterocycles. The van der Waals surface area contributed by atoms with Crippen LogP contribution in [-0.2, 0) is 81.7 Å². The highest BCUT2D eigenvalue weighted by atomic mass is 19.2. The van der Waals surface area contributed by atoms with Gasteiger partial charge in [0.05, 0.1) is 25.4 Å². The molecule has 2 unspecified atom stereocenters. The Morgan fingerprint density at radius 3 is 1.27 bits per heavy atom. The second kappa shape index (κ2) is 46.2. The molecule has 4 atom stereocenters. The fraction of sp³-hybridized carbons (Fsp3) is 0.383. The molecule has 35 heteroatoms. The molecule has 2 aromatic heterocycles. The third-order valence-corrected chi connectivity index (χ3v) is 24.9. The number of aromatic amines is 1. The highest BCUT2D eigenvalue weighted by Gasteiger charge is 2.38. The number of benzene rings is 8. The summed E-state index contributed by atoms with van der Waals surface area (Å²) in [6.45, 7) is 16.7. The number of rotatable bonds is 20. The normalized spacial score (nSPS) is 18.1. The predicted molar refractivity (Wildman–Crippen MR) is 462 cm³/mol. The Morgan fingerprint density at radius 1 is 0.395 bits per heavy atom. The lowest BCUT2D eigenvalue weighted by Gasteiger charge is -2.34. The largest absolute Gasteiger partial charge is 0.380 e. The molecular formula is C94H109F7N14O14. The van der Waals surface area contributed by atoms with Crippen molar-refractivity contribution in [2.75, 3.05) is 65.7 Å². The molecular weight excluding hydrogens is 1680 g/mol. The third-order valence-electron chi connectivity index (χ3n) is 24.9. The number of hydrogen-bond donors (Lipinski definition) is 13. The van der Waals surface area contributed by atoms with E-state index in [0.29, 0.717) is 99.0 Å². The number of amides is 6. The van der Waals surface area contributed by atoms with E-state index >= 15 is 0 Å². The number of nitrogens with zero attached hydrogens (tertiary/aromatic N) is 7. The maximum atomic E-state index is 14.4. The molecule has 0 saturated carbocycles. The fourth-order valence-electron chi connectivity index (χ4n) is 17.8. The fourth-order valence-corrected chi connectivity index (χ4v) is 17.8. The first-order valence-corrected chi connectivity index (χ1v) is 43.1. The number of hydroxylamine groups is 6. The van der Waals surface area contributed by atoms with Gasteiger partial charge in [-0.15, -0.1) is 0 Å². The van der Waals surface area contributed by atoms with Crippen LogP contribution in [0.5, 0.6) is 0 Å². The van der Waals surface area contributed by atoms with Crippen molar-refractivity contribution >= 4 is 57.2 Å². The average molecular weight is 1790 g/mol. The van der Waals surface area contributed by atoms with Gasteiger partial charge in [-0.3, -0.25) is 89.4 Å². The van der Waals surface area contributed by atoms with Crippen molar-refractivity contribution in [1.29, 1.82) is 0 Å². The summed E-state index contributed by atoms with van der Waals surface area (Å²) in [6.07, 6.45) is 11.6. The molecule has 28 nitrogen and oxygen atoms in total. The Bertz CT molecular complexity index is 5480. The van der Waals surface area contributed by atoms with Gasteiger partial charge in [-0.05, 0) is 180 Å². The molecule has 688 valence electrons.